The van der Waals surface area contributed by atoms with Crippen LogP contribution in [0, 0.1) is 5.82 Å². The van der Waals surface area contributed by atoms with E-state index in [2.05, 4.69) is 9.62 Å². The molecule has 2 fully saturated rings. The molecule has 1 N–H and O–H groups in total. The molecule has 5 nitrogen and oxygen atoms in total. The summed E-state index contributed by atoms with van der Waals surface area (Å²) in [6.45, 7) is 1.97. The first-order chi connectivity index (χ1) is 10.5. The molecular weight excluding hydrogens is 307 g/mol. The van der Waals surface area contributed by atoms with Crippen LogP contribution in [0.15, 0.2) is 23.1 Å². The van der Waals surface area contributed by atoms with Crippen LogP contribution in [0.4, 0.5) is 4.39 Å². The van der Waals surface area contributed by atoms with Gasteiger partial charge in [0.1, 0.15) is 0 Å². The quantitative estimate of drug-likeness (QED) is 0.915. The van der Waals surface area contributed by atoms with E-state index in [0.29, 0.717) is 0 Å². The van der Waals surface area contributed by atoms with Crippen LogP contribution < -0.4 is 9.46 Å². The van der Waals surface area contributed by atoms with Gasteiger partial charge in [-0.15, -0.1) is 0 Å². The summed E-state index contributed by atoms with van der Waals surface area (Å²) in [5.74, 6) is -0.630. The Balaban J connectivity index is 1.77. The first-order valence-electron chi connectivity index (χ1n) is 7.61. The molecule has 0 spiro atoms. The third-order valence-corrected chi connectivity index (χ3v) is 6.08. The summed E-state index contributed by atoms with van der Waals surface area (Å²) in [5.41, 5.74) is 0. The van der Waals surface area contributed by atoms with Gasteiger partial charge in [-0.3, -0.25) is 4.90 Å². The second kappa shape index (κ2) is 6.14. The SMILES string of the molecule is COc1ccc(S(=O)(=O)NC2CCN3CCCCC23)cc1F. The van der Waals surface area contributed by atoms with E-state index in [1.807, 2.05) is 0 Å². The average molecular weight is 328 g/mol. The summed E-state index contributed by atoms with van der Waals surface area (Å²) in [6.07, 6.45) is 4.14. The van der Waals surface area contributed by atoms with Gasteiger partial charge in [-0.25, -0.2) is 17.5 Å². The number of hydrogen-bond donors (Lipinski definition) is 1. The normalized spacial score (nSPS) is 25.9. The minimum Gasteiger partial charge on any atom is -0.494 e. The molecule has 7 heteroatoms. The predicted octanol–water partition coefficient (Wildman–Crippen LogP) is 1.74. The molecule has 2 aliphatic heterocycles. The van der Waals surface area contributed by atoms with Crippen LogP contribution in [0.1, 0.15) is 25.7 Å². The molecule has 0 aliphatic carbocycles. The van der Waals surface area contributed by atoms with Crippen LogP contribution in [-0.2, 0) is 10.0 Å². The smallest absolute Gasteiger partial charge is 0.240 e. The van der Waals surface area contributed by atoms with Crippen LogP contribution in [-0.4, -0.2) is 45.6 Å². The third-order valence-electron chi connectivity index (χ3n) is 4.60. The number of ether oxygens (including phenoxy) is 1. The first-order valence-corrected chi connectivity index (χ1v) is 9.09. The Labute approximate surface area is 130 Å². The maximum absolute atomic E-state index is 13.7. The molecule has 0 aromatic heterocycles. The molecule has 2 heterocycles. The Hall–Kier alpha value is -1.18. The van der Waals surface area contributed by atoms with E-state index in [0.717, 1.165) is 38.4 Å². The number of piperidine rings is 1. The van der Waals surface area contributed by atoms with Crippen molar-refractivity contribution in [1.82, 2.24) is 9.62 Å². The van der Waals surface area contributed by atoms with Crippen LogP contribution in [0.25, 0.3) is 0 Å². The summed E-state index contributed by atoms with van der Waals surface area (Å²) in [4.78, 5) is 2.30. The van der Waals surface area contributed by atoms with Crippen LogP contribution in [0.3, 0.4) is 0 Å². The zero-order valence-corrected chi connectivity index (χ0v) is 13.4. The maximum atomic E-state index is 13.7. The van der Waals surface area contributed by atoms with Crippen molar-refractivity contribution in [2.45, 2.75) is 42.7 Å². The molecule has 2 aliphatic rings. The largest absolute Gasteiger partial charge is 0.494 e. The molecule has 0 amide bonds. The number of hydrogen-bond acceptors (Lipinski definition) is 4. The Morgan fingerprint density at radius 3 is 2.82 bits per heavy atom. The number of methoxy groups -OCH3 is 1. The van der Waals surface area contributed by atoms with Gasteiger partial charge < -0.3 is 4.74 Å². The van der Waals surface area contributed by atoms with Crippen LogP contribution >= 0.6 is 0 Å². The number of nitrogens with one attached hydrogen (secondary N) is 1. The van der Waals surface area contributed by atoms with Gasteiger partial charge >= 0.3 is 0 Å². The number of sulfonamides is 1. The van der Waals surface area contributed by atoms with E-state index in [4.69, 9.17) is 4.74 Å². The van der Waals surface area contributed by atoms with Gasteiger partial charge in [-0.2, -0.15) is 0 Å². The van der Waals surface area contributed by atoms with E-state index in [1.54, 1.807) is 0 Å². The Bertz CT molecular complexity index is 650. The van der Waals surface area contributed by atoms with Crippen molar-refractivity contribution in [3.63, 3.8) is 0 Å². The standard InChI is InChI=1S/C15H21FN2O3S/c1-21-15-6-5-11(10-12(15)16)22(19,20)17-13-7-9-18-8-3-2-4-14(13)18/h5-6,10,13-14,17H,2-4,7-9H2,1H3. The topological polar surface area (TPSA) is 58.6 Å². The number of fused-ring (bicyclic) bond motifs is 1. The van der Waals surface area contributed by atoms with E-state index in [9.17, 15) is 12.8 Å². The molecule has 0 bridgehead atoms. The lowest BCUT2D eigenvalue weighted by molar-refractivity contribution is 0.186. The highest BCUT2D eigenvalue weighted by molar-refractivity contribution is 7.89. The van der Waals surface area contributed by atoms with Crippen molar-refractivity contribution in [3.8, 4) is 5.75 Å². The summed E-state index contributed by atoms with van der Waals surface area (Å²) in [6, 6.07) is 3.90. The van der Waals surface area contributed by atoms with Crippen molar-refractivity contribution in [1.29, 1.82) is 0 Å². The summed E-state index contributed by atoms with van der Waals surface area (Å²) >= 11 is 0. The molecule has 0 radical (unpaired) electrons. The second-order valence-corrected chi connectivity index (χ2v) is 7.63. The van der Waals surface area contributed by atoms with E-state index >= 15 is 0 Å². The third kappa shape index (κ3) is 2.98. The number of rotatable bonds is 4. The number of nitrogens with zero attached hydrogens (tertiary/aromatic N) is 1. The van der Waals surface area contributed by atoms with Crippen LogP contribution in [0.2, 0.25) is 0 Å². The zero-order valence-electron chi connectivity index (χ0n) is 12.6. The van der Waals surface area contributed by atoms with Crippen molar-refractivity contribution < 1.29 is 17.5 Å². The molecule has 122 valence electrons. The summed E-state index contributed by atoms with van der Waals surface area (Å²) < 4.78 is 46.3. The van der Waals surface area contributed by atoms with Gasteiger partial charge in [0, 0.05) is 18.6 Å². The van der Waals surface area contributed by atoms with Gasteiger partial charge in [0.15, 0.2) is 11.6 Å². The van der Waals surface area contributed by atoms with Gasteiger partial charge in [0.05, 0.1) is 12.0 Å². The van der Waals surface area contributed by atoms with Crippen LogP contribution in [0.5, 0.6) is 5.75 Å². The highest BCUT2D eigenvalue weighted by atomic mass is 32.2. The lowest BCUT2D eigenvalue weighted by atomic mass is 10.00. The fraction of sp³-hybridized carbons (Fsp3) is 0.600. The zero-order chi connectivity index (χ0) is 15.7. The fourth-order valence-corrected chi connectivity index (χ4v) is 4.78. The Morgan fingerprint density at radius 2 is 2.09 bits per heavy atom. The molecule has 3 rings (SSSR count). The van der Waals surface area contributed by atoms with Crippen molar-refractivity contribution in [3.05, 3.63) is 24.0 Å². The first kappa shape index (κ1) is 15.7. The molecule has 22 heavy (non-hydrogen) atoms. The molecular formula is C15H21FN2O3S. The van der Waals surface area contributed by atoms with E-state index in [1.165, 1.54) is 25.7 Å². The van der Waals surface area contributed by atoms with Crippen molar-refractivity contribution in [2.24, 2.45) is 0 Å². The van der Waals surface area contributed by atoms with Crippen molar-refractivity contribution >= 4 is 10.0 Å². The molecule has 1 aromatic carbocycles. The monoisotopic (exact) mass is 328 g/mol. The molecule has 2 atom stereocenters. The van der Waals surface area contributed by atoms with Gasteiger partial charge in [0.25, 0.3) is 0 Å². The Kier molecular flexibility index (Phi) is 4.38. The number of benzene rings is 1. The summed E-state index contributed by atoms with van der Waals surface area (Å²) in [7, 11) is -2.37. The Morgan fingerprint density at radius 1 is 1.27 bits per heavy atom. The predicted molar refractivity (Wildman–Crippen MR) is 80.9 cm³/mol. The minimum atomic E-state index is -3.71. The van der Waals surface area contributed by atoms with Crippen molar-refractivity contribution in [2.75, 3.05) is 20.2 Å². The molecule has 1 aromatic rings. The highest BCUT2D eigenvalue weighted by Crippen LogP contribution is 2.28. The molecule has 2 saturated heterocycles. The second-order valence-electron chi connectivity index (χ2n) is 5.91. The summed E-state index contributed by atoms with van der Waals surface area (Å²) in [5, 5.41) is 0. The highest BCUT2D eigenvalue weighted by Gasteiger charge is 2.37. The lowest BCUT2D eigenvalue weighted by Crippen LogP contribution is -2.46. The molecule has 0 saturated carbocycles. The van der Waals surface area contributed by atoms with E-state index in [-0.39, 0.29) is 22.7 Å². The number of halogens is 1. The van der Waals surface area contributed by atoms with Gasteiger partial charge in [-0.05, 0) is 44.0 Å². The molecule has 2 unspecified atom stereocenters. The maximum Gasteiger partial charge on any atom is 0.240 e. The fourth-order valence-electron chi connectivity index (χ4n) is 3.47. The average Bonchev–Trinajstić information content (AvgIpc) is 2.90. The van der Waals surface area contributed by atoms with E-state index < -0.39 is 15.8 Å². The van der Waals surface area contributed by atoms with Gasteiger partial charge in [-0.1, -0.05) is 6.42 Å². The lowest BCUT2D eigenvalue weighted by Gasteiger charge is -2.32. The van der Waals surface area contributed by atoms with Gasteiger partial charge in [0.2, 0.25) is 10.0 Å². The minimum absolute atomic E-state index is 0.0401.